The molecule has 0 radical (unpaired) electrons. The molecular formula is C18H19N3O. The molecule has 22 heavy (non-hydrogen) atoms. The third-order valence-electron chi connectivity index (χ3n) is 4.34. The van der Waals surface area contributed by atoms with E-state index in [9.17, 15) is 10.1 Å². The van der Waals surface area contributed by atoms with Gasteiger partial charge in [0.05, 0.1) is 0 Å². The van der Waals surface area contributed by atoms with Crippen LogP contribution in [-0.2, 0) is 4.79 Å². The molecule has 4 heteroatoms. The van der Waals surface area contributed by atoms with E-state index in [-0.39, 0.29) is 11.5 Å². The Kier molecular flexibility index (Phi) is 3.97. The Hall–Kier alpha value is -2.54. The fourth-order valence-corrected chi connectivity index (χ4v) is 2.89. The van der Waals surface area contributed by atoms with Crippen LogP contribution >= 0.6 is 0 Å². The van der Waals surface area contributed by atoms with Crippen LogP contribution in [0.4, 0.5) is 0 Å². The lowest BCUT2D eigenvalue weighted by atomic mass is 9.98. The molecule has 2 aromatic rings. The van der Waals surface area contributed by atoms with Crippen molar-refractivity contribution < 1.29 is 4.79 Å². The van der Waals surface area contributed by atoms with Gasteiger partial charge in [0.25, 0.3) is 5.91 Å². The Balaban J connectivity index is 1.87. The molecule has 1 aliphatic rings. The second-order valence-electron chi connectivity index (χ2n) is 5.93. The predicted octanol–water partition coefficient (Wildman–Crippen LogP) is 3.33. The molecule has 1 aromatic heterocycles. The van der Waals surface area contributed by atoms with Crippen molar-refractivity contribution in [3.8, 4) is 6.07 Å². The van der Waals surface area contributed by atoms with Crippen molar-refractivity contribution in [2.75, 3.05) is 13.1 Å². The van der Waals surface area contributed by atoms with Crippen LogP contribution in [0.3, 0.4) is 0 Å². The minimum absolute atomic E-state index is 0.153. The highest BCUT2D eigenvalue weighted by atomic mass is 16.2. The van der Waals surface area contributed by atoms with E-state index < -0.39 is 0 Å². The summed E-state index contributed by atoms with van der Waals surface area (Å²) in [4.78, 5) is 17.5. The number of aromatic amines is 1. The van der Waals surface area contributed by atoms with Crippen LogP contribution in [-0.4, -0.2) is 28.9 Å². The van der Waals surface area contributed by atoms with Crippen molar-refractivity contribution in [2.24, 2.45) is 5.92 Å². The number of hydrogen-bond donors (Lipinski definition) is 1. The molecule has 0 spiro atoms. The topological polar surface area (TPSA) is 59.9 Å². The fourth-order valence-electron chi connectivity index (χ4n) is 2.89. The molecule has 1 aromatic carbocycles. The molecule has 0 bridgehead atoms. The Morgan fingerprint density at radius 1 is 1.36 bits per heavy atom. The Labute approximate surface area is 130 Å². The van der Waals surface area contributed by atoms with Crippen LogP contribution in [0.2, 0.25) is 0 Å². The zero-order valence-corrected chi connectivity index (χ0v) is 12.7. The summed E-state index contributed by atoms with van der Waals surface area (Å²) >= 11 is 0. The highest BCUT2D eigenvalue weighted by Gasteiger charge is 2.23. The number of nitrogens with zero attached hydrogens (tertiary/aromatic N) is 2. The highest BCUT2D eigenvalue weighted by Crippen LogP contribution is 2.22. The van der Waals surface area contributed by atoms with Gasteiger partial charge in [-0.3, -0.25) is 4.79 Å². The quantitative estimate of drug-likeness (QED) is 0.682. The third-order valence-corrected chi connectivity index (χ3v) is 4.34. The molecule has 1 fully saturated rings. The number of fused-ring (bicyclic) bond motifs is 1. The van der Waals surface area contributed by atoms with E-state index in [2.05, 4.69) is 18.0 Å². The number of aromatic nitrogens is 1. The molecule has 2 heterocycles. The Morgan fingerprint density at radius 3 is 2.82 bits per heavy atom. The van der Waals surface area contributed by atoms with Gasteiger partial charge in [-0.05, 0) is 30.9 Å². The highest BCUT2D eigenvalue weighted by molar-refractivity contribution is 6.04. The first-order chi connectivity index (χ1) is 10.7. The number of carbonyl (C=O) groups is 1. The molecule has 1 N–H and O–H groups in total. The monoisotopic (exact) mass is 293 g/mol. The van der Waals surface area contributed by atoms with Gasteiger partial charge in [0, 0.05) is 35.8 Å². The van der Waals surface area contributed by atoms with E-state index in [1.54, 1.807) is 11.0 Å². The first-order valence-electron chi connectivity index (χ1n) is 7.66. The molecular weight excluding hydrogens is 274 g/mol. The van der Waals surface area contributed by atoms with E-state index in [0.29, 0.717) is 5.92 Å². The van der Waals surface area contributed by atoms with Gasteiger partial charge in [0.15, 0.2) is 0 Å². The number of piperidine rings is 1. The molecule has 1 amide bonds. The summed E-state index contributed by atoms with van der Waals surface area (Å²) in [5, 5.41) is 10.4. The maximum absolute atomic E-state index is 12.5. The second-order valence-corrected chi connectivity index (χ2v) is 5.93. The number of rotatable bonds is 2. The van der Waals surface area contributed by atoms with Crippen LogP contribution in [0.1, 0.15) is 25.3 Å². The van der Waals surface area contributed by atoms with Crippen LogP contribution in [0.15, 0.2) is 36.0 Å². The largest absolute Gasteiger partial charge is 0.361 e. The normalized spacial score (nSPS) is 16.7. The van der Waals surface area contributed by atoms with Crippen LogP contribution in [0, 0.1) is 17.2 Å². The number of amides is 1. The summed E-state index contributed by atoms with van der Waals surface area (Å²) in [5.41, 5.74) is 2.09. The number of para-hydroxylation sites is 1. The number of nitrogens with one attached hydrogen (secondary N) is 1. The van der Waals surface area contributed by atoms with E-state index in [4.69, 9.17) is 0 Å². The maximum Gasteiger partial charge on any atom is 0.264 e. The third kappa shape index (κ3) is 2.75. The molecule has 4 nitrogen and oxygen atoms in total. The van der Waals surface area contributed by atoms with E-state index >= 15 is 0 Å². The first kappa shape index (κ1) is 14.4. The summed E-state index contributed by atoms with van der Waals surface area (Å²) in [7, 11) is 0. The zero-order chi connectivity index (χ0) is 15.5. The maximum atomic E-state index is 12.5. The van der Waals surface area contributed by atoms with Crippen molar-refractivity contribution >= 4 is 22.9 Å². The van der Waals surface area contributed by atoms with Gasteiger partial charge in [0.2, 0.25) is 0 Å². The van der Waals surface area contributed by atoms with Gasteiger partial charge in [-0.25, -0.2) is 0 Å². The zero-order valence-electron chi connectivity index (χ0n) is 12.7. The molecule has 0 aliphatic carbocycles. The van der Waals surface area contributed by atoms with Crippen molar-refractivity contribution in [1.82, 2.24) is 9.88 Å². The lowest BCUT2D eigenvalue weighted by Crippen LogP contribution is -2.38. The van der Waals surface area contributed by atoms with Crippen molar-refractivity contribution in [3.05, 3.63) is 41.6 Å². The molecule has 1 saturated heterocycles. The number of carbonyl (C=O) groups excluding carboxylic acids is 1. The molecule has 1 aliphatic heterocycles. The summed E-state index contributed by atoms with van der Waals surface area (Å²) in [5.74, 6) is 0.506. The van der Waals surface area contributed by atoms with Gasteiger partial charge in [0.1, 0.15) is 11.6 Å². The molecule has 0 unspecified atom stereocenters. The van der Waals surface area contributed by atoms with Crippen molar-refractivity contribution in [2.45, 2.75) is 19.8 Å². The lowest BCUT2D eigenvalue weighted by molar-refractivity contribution is -0.127. The second kappa shape index (κ2) is 6.07. The Bertz CT molecular complexity index is 758. The van der Waals surface area contributed by atoms with Gasteiger partial charge >= 0.3 is 0 Å². The summed E-state index contributed by atoms with van der Waals surface area (Å²) in [6.45, 7) is 3.69. The minimum atomic E-state index is -0.153. The Morgan fingerprint density at radius 2 is 2.09 bits per heavy atom. The van der Waals surface area contributed by atoms with Crippen LogP contribution in [0.25, 0.3) is 17.0 Å². The number of H-pyrrole nitrogens is 1. The molecule has 0 atom stereocenters. The van der Waals surface area contributed by atoms with Gasteiger partial charge in [-0.2, -0.15) is 5.26 Å². The van der Waals surface area contributed by atoms with Gasteiger partial charge in [-0.15, -0.1) is 0 Å². The number of nitriles is 1. The van der Waals surface area contributed by atoms with Gasteiger partial charge in [-0.1, -0.05) is 25.1 Å². The van der Waals surface area contributed by atoms with Crippen LogP contribution < -0.4 is 0 Å². The van der Waals surface area contributed by atoms with Crippen LogP contribution in [0.5, 0.6) is 0 Å². The number of hydrogen-bond acceptors (Lipinski definition) is 2. The number of benzene rings is 1. The number of likely N-dealkylation sites (tertiary alicyclic amines) is 1. The smallest absolute Gasteiger partial charge is 0.264 e. The van der Waals surface area contributed by atoms with E-state index in [1.165, 1.54) is 0 Å². The minimum Gasteiger partial charge on any atom is -0.361 e. The fraction of sp³-hybridized carbons (Fsp3) is 0.333. The van der Waals surface area contributed by atoms with E-state index in [1.807, 2.05) is 30.5 Å². The van der Waals surface area contributed by atoms with E-state index in [0.717, 1.165) is 42.4 Å². The predicted molar refractivity (Wildman–Crippen MR) is 86.9 cm³/mol. The van der Waals surface area contributed by atoms with Gasteiger partial charge < -0.3 is 9.88 Å². The summed E-state index contributed by atoms with van der Waals surface area (Å²) in [6.07, 6.45) is 5.56. The standard InChI is InChI=1S/C18H19N3O/c1-13-6-8-21(9-7-13)18(22)14(11-19)10-15-12-20-17-5-3-2-4-16(15)17/h2-5,10,12-13,20H,6-9H2,1H3/b14-10+. The molecule has 3 rings (SSSR count). The molecule has 0 saturated carbocycles. The van der Waals surface area contributed by atoms with Crippen molar-refractivity contribution in [1.29, 1.82) is 5.26 Å². The lowest BCUT2D eigenvalue weighted by Gasteiger charge is -2.30. The average molecular weight is 293 g/mol. The average Bonchev–Trinajstić information content (AvgIpc) is 2.96. The summed E-state index contributed by atoms with van der Waals surface area (Å²) < 4.78 is 0. The SMILES string of the molecule is CC1CCN(C(=O)/C(C#N)=C/c2c[nH]c3ccccc23)CC1. The molecule has 112 valence electrons. The first-order valence-corrected chi connectivity index (χ1v) is 7.66. The summed E-state index contributed by atoms with van der Waals surface area (Å²) in [6, 6.07) is 9.94. The van der Waals surface area contributed by atoms with Crippen molar-refractivity contribution in [3.63, 3.8) is 0 Å².